The van der Waals surface area contributed by atoms with Crippen LogP contribution in [0.1, 0.15) is 22.3 Å². The second kappa shape index (κ2) is 3.91. The lowest BCUT2D eigenvalue weighted by atomic mass is 10.0. The smallest absolute Gasteiger partial charge is 0.0178 e. The molecule has 0 amide bonds. The van der Waals surface area contributed by atoms with Crippen LogP contribution in [0.15, 0.2) is 46.9 Å². The first-order chi connectivity index (χ1) is 7.83. The van der Waals surface area contributed by atoms with Crippen LogP contribution in [0.2, 0.25) is 0 Å². The quantitative estimate of drug-likeness (QED) is 0.563. The molecule has 0 unspecified atom stereocenters. The Bertz CT molecular complexity index is 567. The highest BCUT2D eigenvalue weighted by Crippen LogP contribution is 2.26. The predicted octanol–water partition coefficient (Wildman–Crippen LogP) is 4.52. The van der Waals surface area contributed by atoms with Gasteiger partial charge in [0.25, 0.3) is 0 Å². The maximum atomic E-state index is 3.53. The van der Waals surface area contributed by atoms with Crippen LogP contribution in [0, 0.1) is 0 Å². The number of rotatable bonds is 0. The van der Waals surface area contributed by atoms with Crippen LogP contribution in [-0.4, -0.2) is 0 Å². The molecule has 0 radical (unpaired) electrons. The molecule has 1 aliphatic rings. The fourth-order valence-corrected chi connectivity index (χ4v) is 2.54. The fourth-order valence-electron chi connectivity index (χ4n) is 2.13. The van der Waals surface area contributed by atoms with E-state index >= 15 is 0 Å². The van der Waals surface area contributed by atoms with Crippen molar-refractivity contribution in [1.29, 1.82) is 0 Å². The molecular weight excluding hydrogens is 260 g/mol. The fraction of sp³-hybridized carbons (Fsp3) is 0.0667. The summed E-state index contributed by atoms with van der Waals surface area (Å²) in [5.41, 5.74) is 5.43. The van der Waals surface area contributed by atoms with Crippen LogP contribution in [0.25, 0.3) is 12.2 Å². The van der Waals surface area contributed by atoms with Gasteiger partial charge in [-0.05, 0) is 40.8 Å². The molecule has 0 spiro atoms. The van der Waals surface area contributed by atoms with E-state index in [9.17, 15) is 0 Å². The van der Waals surface area contributed by atoms with E-state index in [0.29, 0.717) is 0 Å². The Morgan fingerprint density at radius 1 is 0.812 bits per heavy atom. The highest BCUT2D eigenvalue weighted by Gasteiger charge is 2.08. The molecule has 0 atom stereocenters. The maximum absolute atomic E-state index is 3.53. The van der Waals surface area contributed by atoms with E-state index in [1.807, 2.05) is 0 Å². The highest BCUT2D eigenvalue weighted by atomic mass is 79.9. The van der Waals surface area contributed by atoms with E-state index in [-0.39, 0.29) is 0 Å². The molecule has 0 nitrogen and oxygen atoms in total. The molecule has 0 saturated carbocycles. The third-order valence-corrected chi connectivity index (χ3v) is 3.48. The largest absolute Gasteiger partial charge is 0.0619 e. The van der Waals surface area contributed by atoms with Gasteiger partial charge in [-0.25, -0.2) is 0 Å². The lowest BCUT2D eigenvalue weighted by molar-refractivity contribution is 1.18. The van der Waals surface area contributed by atoms with Crippen molar-refractivity contribution in [3.8, 4) is 0 Å². The topological polar surface area (TPSA) is 0 Å². The monoisotopic (exact) mass is 270 g/mol. The Balaban J connectivity index is 2.18. The van der Waals surface area contributed by atoms with Crippen molar-refractivity contribution in [1.82, 2.24) is 0 Å². The minimum absolute atomic E-state index is 1.01. The summed E-state index contributed by atoms with van der Waals surface area (Å²) >= 11 is 3.53. The molecule has 2 aromatic rings. The summed E-state index contributed by atoms with van der Waals surface area (Å²) in [5.74, 6) is 0. The first-order valence-electron chi connectivity index (χ1n) is 5.37. The number of hydrogen-bond acceptors (Lipinski definition) is 0. The van der Waals surface area contributed by atoms with E-state index in [1.165, 1.54) is 22.3 Å². The SMILES string of the molecule is Brc1ccc2c(c1)Cc1ccccc1C=C2. The van der Waals surface area contributed by atoms with Gasteiger partial charge in [0.2, 0.25) is 0 Å². The second-order valence-corrected chi connectivity index (χ2v) is 4.97. The molecule has 1 aliphatic carbocycles. The van der Waals surface area contributed by atoms with Gasteiger partial charge in [-0.1, -0.05) is 58.4 Å². The molecule has 0 saturated heterocycles. The summed E-state index contributed by atoms with van der Waals surface area (Å²) < 4.78 is 1.15. The Hall–Kier alpha value is -1.34. The first kappa shape index (κ1) is 9.86. The van der Waals surface area contributed by atoms with Crippen LogP contribution in [-0.2, 0) is 6.42 Å². The van der Waals surface area contributed by atoms with E-state index in [2.05, 4.69) is 70.5 Å². The molecule has 3 rings (SSSR count). The average Bonchev–Trinajstić information content (AvgIpc) is 2.47. The number of fused-ring (bicyclic) bond motifs is 2. The molecule has 0 N–H and O–H groups in total. The van der Waals surface area contributed by atoms with E-state index in [0.717, 1.165) is 10.9 Å². The van der Waals surface area contributed by atoms with Gasteiger partial charge in [-0.3, -0.25) is 0 Å². The van der Waals surface area contributed by atoms with Gasteiger partial charge in [-0.2, -0.15) is 0 Å². The molecule has 0 aromatic heterocycles. The standard InChI is InChI=1S/C15H11Br/c16-15-8-7-12-6-5-11-3-1-2-4-13(11)9-14(12)10-15/h1-8,10H,9H2. The lowest BCUT2D eigenvalue weighted by Crippen LogP contribution is -1.91. The summed E-state index contributed by atoms with van der Waals surface area (Å²) in [6.45, 7) is 0. The third-order valence-electron chi connectivity index (χ3n) is 2.98. The van der Waals surface area contributed by atoms with Crippen molar-refractivity contribution in [2.75, 3.05) is 0 Å². The van der Waals surface area contributed by atoms with Crippen LogP contribution in [0.3, 0.4) is 0 Å². The van der Waals surface area contributed by atoms with Crippen molar-refractivity contribution in [2.45, 2.75) is 6.42 Å². The van der Waals surface area contributed by atoms with Crippen molar-refractivity contribution >= 4 is 28.1 Å². The summed E-state index contributed by atoms with van der Waals surface area (Å²) in [6.07, 6.45) is 5.42. The summed E-state index contributed by atoms with van der Waals surface area (Å²) in [7, 11) is 0. The molecule has 78 valence electrons. The van der Waals surface area contributed by atoms with Gasteiger partial charge in [0, 0.05) is 4.47 Å². The highest BCUT2D eigenvalue weighted by molar-refractivity contribution is 9.10. The Kier molecular flexibility index (Phi) is 2.41. The Morgan fingerprint density at radius 2 is 1.56 bits per heavy atom. The normalized spacial score (nSPS) is 12.8. The second-order valence-electron chi connectivity index (χ2n) is 4.05. The van der Waals surface area contributed by atoms with Crippen molar-refractivity contribution in [3.63, 3.8) is 0 Å². The molecule has 0 bridgehead atoms. The van der Waals surface area contributed by atoms with E-state index < -0.39 is 0 Å². The van der Waals surface area contributed by atoms with Gasteiger partial charge in [-0.15, -0.1) is 0 Å². The van der Waals surface area contributed by atoms with Gasteiger partial charge in [0.15, 0.2) is 0 Å². The van der Waals surface area contributed by atoms with Gasteiger partial charge < -0.3 is 0 Å². The van der Waals surface area contributed by atoms with Crippen molar-refractivity contribution in [3.05, 3.63) is 69.2 Å². The zero-order valence-electron chi connectivity index (χ0n) is 8.78. The van der Waals surface area contributed by atoms with Crippen LogP contribution in [0.4, 0.5) is 0 Å². The third kappa shape index (κ3) is 1.72. The minimum atomic E-state index is 1.01. The van der Waals surface area contributed by atoms with E-state index in [1.54, 1.807) is 0 Å². The summed E-state index contributed by atoms with van der Waals surface area (Å²) in [5, 5.41) is 0. The zero-order valence-corrected chi connectivity index (χ0v) is 10.4. The van der Waals surface area contributed by atoms with Crippen LogP contribution >= 0.6 is 15.9 Å². The van der Waals surface area contributed by atoms with Crippen LogP contribution < -0.4 is 0 Å². The summed E-state index contributed by atoms with van der Waals surface area (Å²) in [4.78, 5) is 0. The molecule has 2 aromatic carbocycles. The van der Waals surface area contributed by atoms with Gasteiger partial charge in [0.05, 0.1) is 0 Å². The molecule has 1 heteroatoms. The number of halogens is 1. The number of benzene rings is 2. The first-order valence-corrected chi connectivity index (χ1v) is 6.17. The minimum Gasteiger partial charge on any atom is -0.0619 e. The van der Waals surface area contributed by atoms with E-state index in [4.69, 9.17) is 0 Å². The Morgan fingerprint density at radius 3 is 2.44 bits per heavy atom. The summed E-state index contributed by atoms with van der Waals surface area (Å²) in [6, 6.07) is 15.1. The zero-order chi connectivity index (χ0) is 11.0. The van der Waals surface area contributed by atoms with Crippen LogP contribution in [0.5, 0.6) is 0 Å². The van der Waals surface area contributed by atoms with Crippen molar-refractivity contribution in [2.24, 2.45) is 0 Å². The lowest BCUT2D eigenvalue weighted by Gasteiger charge is -2.06. The molecule has 0 aliphatic heterocycles. The molecule has 0 fully saturated rings. The predicted molar refractivity (Wildman–Crippen MR) is 72.3 cm³/mol. The average molecular weight is 271 g/mol. The van der Waals surface area contributed by atoms with Crippen molar-refractivity contribution < 1.29 is 0 Å². The molecular formula is C15H11Br. The Labute approximate surface area is 104 Å². The van der Waals surface area contributed by atoms with Gasteiger partial charge in [0.1, 0.15) is 0 Å². The maximum Gasteiger partial charge on any atom is 0.0178 e. The molecule has 0 heterocycles. The number of hydrogen-bond donors (Lipinski definition) is 0. The molecule has 16 heavy (non-hydrogen) atoms. The van der Waals surface area contributed by atoms with Gasteiger partial charge >= 0.3 is 0 Å².